The molecule has 1 aromatic heterocycles. The lowest BCUT2D eigenvalue weighted by atomic mass is 9.97. The van der Waals surface area contributed by atoms with Gasteiger partial charge in [0.1, 0.15) is 12.7 Å². The summed E-state index contributed by atoms with van der Waals surface area (Å²) in [7, 11) is 0.306. The number of hydrogen-bond donors (Lipinski definition) is 1. The van der Waals surface area contributed by atoms with Crippen molar-refractivity contribution in [2.75, 3.05) is 21.3 Å². The fourth-order valence-electron chi connectivity index (χ4n) is 3.68. The fourth-order valence-corrected chi connectivity index (χ4v) is 4.31. The Balaban J connectivity index is 1.85. The summed E-state index contributed by atoms with van der Waals surface area (Å²) in [5.41, 5.74) is 2.21. The first-order valence-corrected chi connectivity index (χ1v) is 11.8. The molecule has 4 aromatic rings. The minimum absolute atomic E-state index is 0.109. The van der Waals surface area contributed by atoms with Crippen molar-refractivity contribution in [3.63, 3.8) is 0 Å². The van der Waals surface area contributed by atoms with Crippen LogP contribution in [-0.2, 0) is 14.4 Å². The predicted octanol–water partition coefficient (Wildman–Crippen LogP) is 2.77. The second kappa shape index (κ2) is 10.2. The Labute approximate surface area is 207 Å². The second-order valence-corrected chi connectivity index (χ2v) is 8.97. The van der Waals surface area contributed by atoms with Crippen LogP contribution in [0, 0.1) is 0 Å². The van der Waals surface area contributed by atoms with E-state index in [-0.39, 0.29) is 10.7 Å². The van der Waals surface area contributed by atoms with Gasteiger partial charge in [0.05, 0.1) is 31.9 Å². The molecular weight excluding hydrogens is 488 g/mol. The van der Waals surface area contributed by atoms with Gasteiger partial charge in [-0.1, -0.05) is 18.2 Å². The topological polar surface area (TPSA) is 145 Å². The molecule has 0 radical (unpaired) electrons. The van der Waals surface area contributed by atoms with Gasteiger partial charge in [0.2, 0.25) is 5.75 Å². The van der Waals surface area contributed by atoms with Crippen LogP contribution < -0.4 is 20.1 Å². The SMILES string of the molecule is COc1cc(C(=O)c2ccc(-c3cccc(S(=O)(=O)ON)c3)cc2-n2cncn2)cc(OC)c1OC. The summed E-state index contributed by atoms with van der Waals surface area (Å²) >= 11 is 0. The van der Waals surface area contributed by atoms with Crippen molar-refractivity contribution in [3.8, 4) is 34.1 Å². The highest BCUT2D eigenvalue weighted by molar-refractivity contribution is 7.86. The lowest BCUT2D eigenvalue weighted by Gasteiger charge is -2.15. The summed E-state index contributed by atoms with van der Waals surface area (Å²) in [6, 6.07) is 14.2. The van der Waals surface area contributed by atoms with Gasteiger partial charge in [-0.05, 0) is 47.5 Å². The van der Waals surface area contributed by atoms with E-state index in [9.17, 15) is 13.2 Å². The first kappa shape index (κ1) is 24.9. The lowest BCUT2D eigenvalue weighted by Crippen LogP contribution is -2.11. The number of methoxy groups -OCH3 is 3. The van der Waals surface area contributed by atoms with Crippen molar-refractivity contribution >= 4 is 15.9 Å². The van der Waals surface area contributed by atoms with Gasteiger partial charge in [-0.3, -0.25) is 4.79 Å². The maximum absolute atomic E-state index is 13.6. The zero-order valence-corrected chi connectivity index (χ0v) is 20.4. The van der Waals surface area contributed by atoms with E-state index in [1.54, 1.807) is 42.5 Å². The summed E-state index contributed by atoms with van der Waals surface area (Å²) in [5, 5.41) is 4.17. The van der Waals surface area contributed by atoms with E-state index in [2.05, 4.69) is 14.4 Å². The lowest BCUT2D eigenvalue weighted by molar-refractivity contribution is 0.103. The molecule has 0 unspecified atom stereocenters. The van der Waals surface area contributed by atoms with Crippen molar-refractivity contribution in [2.24, 2.45) is 5.90 Å². The quantitative estimate of drug-likeness (QED) is 0.263. The average molecular weight is 511 g/mol. The fraction of sp³-hybridized carbons (Fsp3) is 0.125. The number of nitrogens with zero attached hydrogens (tertiary/aromatic N) is 3. The molecule has 2 N–H and O–H groups in total. The largest absolute Gasteiger partial charge is 0.493 e. The normalized spacial score (nSPS) is 11.2. The van der Waals surface area contributed by atoms with E-state index in [0.717, 1.165) is 0 Å². The molecule has 12 heteroatoms. The number of carbonyl (C=O) groups excluding carboxylic acids is 1. The molecule has 0 saturated carbocycles. The minimum Gasteiger partial charge on any atom is -0.493 e. The highest BCUT2D eigenvalue weighted by Crippen LogP contribution is 2.39. The molecule has 11 nitrogen and oxygen atoms in total. The number of hydrogen-bond acceptors (Lipinski definition) is 10. The minimum atomic E-state index is -4.10. The molecule has 0 fully saturated rings. The smallest absolute Gasteiger partial charge is 0.312 e. The van der Waals surface area contributed by atoms with Crippen LogP contribution in [-0.4, -0.2) is 50.3 Å². The Kier molecular flexibility index (Phi) is 7.01. The van der Waals surface area contributed by atoms with Crippen LogP contribution >= 0.6 is 0 Å². The van der Waals surface area contributed by atoms with Crippen LogP contribution in [0.5, 0.6) is 17.2 Å². The van der Waals surface area contributed by atoms with Crippen LogP contribution in [0.4, 0.5) is 0 Å². The number of rotatable bonds is 9. The van der Waals surface area contributed by atoms with E-state index in [1.807, 2.05) is 0 Å². The molecule has 0 atom stereocenters. The van der Waals surface area contributed by atoms with Gasteiger partial charge in [-0.15, -0.1) is 0 Å². The molecule has 1 heterocycles. The van der Waals surface area contributed by atoms with E-state index in [1.165, 1.54) is 50.8 Å². The molecule has 0 bridgehead atoms. The van der Waals surface area contributed by atoms with E-state index in [4.69, 9.17) is 20.1 Å². The van der Waals surface area contributed by atoms with Gasteiger partial charge in [0, 0.05) is 11.1 Å². The van der Waals surface area contributed by atoms with Crippen molar-refractivity contribution in [1.82, 2.24) is 14.8 Å². The zero-order valence-electron chi connectivity index (χ0n) is 19.5. The first-order valence-electron chi connectivity index (χ1n) is 10.4. The molecular formula is C24H22N4O7S. The molecule has 4 rings (SSSR count). The van der Waals surface area contributed by atoms with Crippen molar-refractivity contribution < 1.29 is 31.7 Å². The Morgan fingerprint density at radius 3 is 2.19 bits per heavy atom. The third kappa shape index (κ3) is 4.64. The van der Waals surface area contributed by atoms with Crippen molar-refractivity contribution in [3.05, 3.63) is 78.4 Å². The molecule has 36 heavy (non-hydrogen) atoms. The third-order valence-corrected chi connectivity index (χ3v) is 6.50. The third-order valence-electron chi connectivity index (χ3n) is 5.42. The number of ether oxygens (including phenoxy) is 3. The second-order valence-electron chi connectivity index (χ2n) is 7.39. The summed E-state index contributed by atoms with van der Waals surface area (Å²) in [6.45, 7) is 0. The number of ketones is 1. The highest BCUT2D eigenvalue weighted by Gasteiger charge is 2.22. The zero-order chi connectivity index (χ0) is 25.9. The maximum atomic E-state index is 13.6. The van der Waals surface area contributed by atoms with Crippen molar-refractivity contribution in [2.45, 2.75) is 4.90 Å². The van der Waals surface area contributed by atoms with E-state index >= 15 is 0 Å². The summed E-state index contributed by atoms with van der Waals surface area (Å²) < 4.78 is 45.8. The Morgan fingerprint density at radius 2 is 1.61 bits per heavy atom. The first-order chi connectivity index (χ1) is 17.3. The Bertz CT molecular complexity index is 1490. The number of aromatic nitrogens is 3. The van der Waals surface area contributed by atoms with Crippen LogP contribution in [0.1, 0.15) is 15.9 Å². The average Bonchev–Trinajstić information content (AvgIpc) is 3.46. The predicted molar refractivity (Wildman–Crippen MR) is 129 cm³/mol. The van der Waals surface area contributed by atoms with E-state index in [0.29, 0.717) is 45.2 Å². The van der Waals surface area contributed by atoms with Gasteiger partial charge < -0.3 is 14.2 Å². The molecule has 0 aliphatic heterocycles. The van der Waals surface area contributed by atoms with Gasteiger partial charge in [0.15, 0.2) is 17.3 Å². The van der Waals surface area contributed by atoms with Crippen LogP contribution in [0.2, 0.25) is 0 Å². The number of carbonyl (C=O) groups is 1. The van der Waals surface area contributed by atoms with Gasteiger partial charge in [-0.25, -0.2) is 9.67 Å². The summed E-state index contributed by atoms with van der Waals surface area (Å²) in [4.78, 5) is 17.5. The molecule has 3 aromatic carbocycles. The standard InChI is InChI=1S/C24H22N4O7S/c1-32-21-11-17(12-22(33-2)24(21)34-3)23(29)19-8-7-16(10-20(19)28-14-26-13-27-28)15-5-4-6-18(9-15)36(30,31)35-25/h4-14H,25H2,1-3H3. The van der Waals surface area contributed by atoms with E-state index < -0.39 is 10.1 Å². The molecule has 0 amide bonds. The molecule has 186 valence electrons. The van der Waals surface area contributed by atoms with Gasteiger partial charge in [-0.2, -0.15) is 23.7 Å². The molecule has 0 saturated heterocycles. The van der Waals surface area contributed by atoms with Crippen molar-refractivity contribution in [1.29, 1.82) is 0 Å². The Morgan fingerprint density at radius 1 is 0.917 bits per heavy atom. The van der Waals surface area contributed by atoms with Crippen LogP contribution in [0.3, 0.4) is 0 Å². The molecule has 0 spiro atoms. The summed E-state index contributed by atoms with van der Waals surface area (Å²) in [5.74, 6) is 5.61. The van der Waals surface area contributed by atoms with Crippen LogP contribution in [0.15, 0.2) is 72.1 Å². The summed E-state index contributed by atoms with van der Waals surface area (Å²) in [6.07, 6.45) is 2.79. The highest BCUT2D eigenvalue weighted by atomic mass is 32.2. The monoisotopic (exact) mass is 510 g/mol. The molecule has 0 aliphatic rings. The van der Waals surface area contributed by atoms with Gasteiger partial charge in [0.25, 0.3) is 0 Å². The van der Waals surface area contributed by atoms with Gasteiger partial charge >= 0.3 is 10.1 Å². The Hall–Kier alpha value is -4.26. The number of nitrogens with two attached hydrogens (primary N) is 1. The maximum Gasteiger partial charge on any atom is 0.312 e. The molecule has 0 aliphatic carbocycles. The van der Waals surface area contributed by atoms with Crippen LogP contribution in [0.25, 0.3) is 16.8 Å². The number of benzene rings is 3.